The number of aromatic hydroxyl groups is 3. The maximum atomic E-state index is 12.4. The van der Waals surface area contributed by atoms with Gasteiger partial charge in [0.2, 0.25) is 6.41 Å². The molecule has 0 fully saturated rings. The molecule has 1 heterocycles. The van der Waals surface area contributed by atoms with Gasteiger partial charge >= 0.3 is 0 Å². The van der Waals surface area contributed by atoms with Gasteiger partial charge in [-0.15, -0.1) is 0 Å². The lowest BCUT2D eigenvalue weighted by Gasteiger charge is -2.28. The Labute approximate surface area is 330 Å². The molecule has 0 spiro atoms. The van der Waals surface area contributed by atoms with Crippen LogP contribution in [0.2, 0.25) is 5.15 Å². The summed E-state index contributed by atoms with van der Waals surface area (Å²) in [6.07, 6.45) is 3.36. The number of nitrogens with zero attached hydrogens (tertiary/aromatic N) is 5. The summed E-state index contributed by atoms with van der Waals surface area (Å²) in [5.74, 6) is -1.49. The average molecular weight is 790 g/mol. The van der Waals surface area contributed by atoms with E-state index in [1.807, 2.05) is 4.90 Å². The highest BCUT2D eigenvalue weighted by Gasteiger charge is 2.20. The van der Waals surface area contributed by atoms with E-state index in [0.29, 0.717) is 36.3 Å². The van der Waals surface area contributed by atoms with Gasteiger partial charge in [0.1, 0.15) is 5.75 Å². The number of aromatic nitrogens is 2. The zero-order chi connectivity index (χ0) is 41.2. The normalized spacial score (nSPS) is 12.3. The van der Waals surface area contributed by atoms with E-state index >= 15 is 0 Å². The van der Waals surface area contributed by atoms with Crippen molar-refractivity contribution >= 4 is 41.4 Å². The van der Waals surface area contributed by atoms with Gasteiger partial charge in [0.15, 0.2) is 34.1 Å². The average Bonchev–Trinajstić information content (AvgIpc) is 3.17. The molecule has 11 N–H and O–H groups in total. The topological polar surface area (TPSA) is 277 Å². The number of rotatable bonds is 19. The van der Waals surface area contributed by atoms with Crippen molar-refractivity contribution in [3.8, 4) is 23.8 Å². The van der Waals surface area contributed by atoms with Crippen LogP contribution in [0.1, 0.15) is 76.3 Å². The second-order valence-corrected chi connectivity index (χ2v) is 13.2. The Morgan fingerprint density at radius 3 is 2.05 bits per heavy atom. The van der Waals surface area contributed by atoms with Crippen molar-refractivity contribution in [2.24, 2.45) is 10.7 Å². The van der Waals surface area contributed by atoms with Gasteiger partial charge < -0.3 is 42.3 Å². The van der Waals surface area contributed by atoms with E-state index in [0.717, 1.165) is 38.5 Å². The molecule has 2 atom stereocenters. The van der Waals surface area contributed by atoms with Crippen LogP contribution in [0.25, 0.3) is 0 Å². The SMILES string of the molecule is C#N.Cc1nc(N)c(C(=O)NC(N)=NCCCCc2ccc(CCCCN(C[C@H](O)c3ccc(O)c(O)c3)C[C@H](O)c3ccc(O)c(NC=O)c3)cc2)nc1Cl. The van der Waals surface area contributed by atoms with Crippen LogP contribution in [-0.2, 0) is 17.6 Å². The number of hydrogen-bond donors (Lipinski definition) is 9. The second kappa shape index (κ2) is 22.4. The Hall–Kier alpha value is -5.99. The van der Waals surface area contributed by atoms with Gasteiger partial charge in [-0.3, -0.25) is 24.8 Å². The molecular formula is C39H48ClN9O7. The Balaban J connectivity index is 0.00000414. The Bertz CT molecular complexity index is 1960. The van der Waals surface area contributed by atoms with Crippen molar-refractivity contribution in [2.75, 3.05) is 37.2 Å². The van der Waals surface area contributed by atoms with Crippen LogP contribution < -0.4 is 22.1 Å². The van der Waals surface area contributed by atoms with Gasteiger partial charge in [-0.25, -0.2) is 15.2 Å². The fourth-order valence-corrected chi connectivity index (χ4v) is 5.85. The zero-order valence-corrected chi connectivity index (χ0v) is 31.7. The number of hydrogen-bond acceptors (Lipinski definition) is 13. The molecule has 1 aromatic heterocycles. The van der Waals surface area contributed by atoms with Gasteiger partial charge in [-0.1, -0.05) is 48.0 Å². The lowest BCUT2D eigenvalue weighted by Crippen LogP contribution is -2.38. The minimum absolute atomic E-state index is 0.0464. The lowest BCUT2D eigenvalue weighted by molar-refractivity contribution is -0.105. The number of amides is 2. The number of nitrogens with two attached hydrogens (primary N) is 2. The predicted molar refractivity (Wildman–Crippen MR) is 213 cm³/mol. The van der Waals surface area contributed by atoms with Gasteiger partial charge in [0.05, 0.1) is 23.6 Å². The summed E-state index contributed by atoms with van der Waals surface area (Å²) in [6, 6.07) is 17.0. The van der Waals surface area contributed by atoms with Crippen LogP contribution in [0.5, 0.6) is 17.2 Å². The van der Waals surface area contributed by atoms with E-state index < -0.39 is 18.1 Å². The fourth-order valence-electron chi connectivity index (χ4n) is 5.72. The van der Waals surface area contributed by atoms with Gasteiger partial charge in [0.25, 0.3) is 5.91 Å². The molecular weight excluding hydrogens is 742 g/mol. The molecule has 4 aromatic rings. The highest BCUT2D eigenvalue weighted by Crippen LogP contribution is 2.30. The van der Waals surface area contributed by atoms with Crippen molar-refractivity contribution in [2.45, 2.75) is 57.7 Å². The van der Waals surface area contributed by atoms with Gasteiger partial charge in [-0.2, -0.15) is 0 Å². The van der Waals surface area contributed by atoms with E-state index in [4.69, 9.17) is 28.3 Å². The smallest absolute Gasteiger partial charge is 0.280 e. The number of nitriles is 1. The summed E-state index contributed by atoms with van der Waals surface area (Å²) in [5.41, 5.74) is 15.4. The number of benzene rings is 3. The van der Waals surface area contributed by atoms with Gasteiger partial charge in [0, 0.05) is 26.2 Å². The molecule has 0 unspecified atom stereocenters. The minimum Gasteiger partial charge on any atom is -0.506 e. The third-order valence-electron chi connectivity index (χ3n) is 8.73. The Kier molecular flexibility index (Phi) is 17.8. The minimum atomic E-state index is -1.01. The molecule has 298 valence electrons. The number of nitrogens with one attached hydrogen (secondary N) is 2. The summed E-state index contributed by atoms with van der Waals surface area (Å²) in [5, 5.41) is 63.1. The number of aliphatic hydroxyl groups is 2. The third kappa shape index (κ3) is 13.7. The second-order valence-electron chi connectivity index (χ2n) is 12.9. The molecule has 0 aliphatic heterocycles. The van der Waals surface area contributed by atoms with Crippen LogP contribution >= 0.6 is 11.6 Å². The molecule has 0 aliphatic rings. The molecule has 0 saturated carbocycles. The summed E-state index contributed by atoms with van der Waals surface area (Å²) < 4.78 is 0. The Morgan fingerprint density at radius 1 is 0.893 bits per heavy atom. The molecule has 0 saturated heterocycles. The molecule has 17 heteroatoms. The van der Waals surface area contributed by atoms with E-state index in [1.165, 1.54) is 41.5 Å². The molecule has 3 aromatic carbocycles. The fraction of sp³-hybridized carbons (Fsp3) is 0.333. The molecule has 4 rings (SSSR count). The number of unbranched alkanes of at least 4 members (excludes halogenated alkanes) is 2. The summed E-state index contributed by atoms with van der Waals surface area (Å²) >= 11 is 5.95. The van der Waals surface area contributed by atoms with Crippen molar-refractivity contribution < 1.29 is 35.1 Å². The number of aryl methyl sites for hydroxylation is 3. The number of aliphatic hydroxyl groups excluding tert-OH is 2. The van der Waals surface area contributed by atoms with E-state index in [1.54, 1.807) is 13.0 Å². The van der Waals surface area contributed by atoms with Crippen LogP contribution in [0.15, 0.2) is 65.7 Å². The monoisotopic (exact) mass is 789 g/mol. The van der Waals surface area contributed by atoms with E-state index in [2.05, 4.69) is 56.4 Å². The number of nitrogen functional groups attached to an aromatic ring is 1. The van der Waals surface area contributed by atoms with Crippen LogP contribution in [0.3, 0.4) is 0 Å². The number of anilines is 2. The quantitative estimate of drug-likeness (QED) is 0.0214. The predicted octanol–water partition coefficient (Wildman–Crippen LogP) is 4.00. The number of guanidine groups is 1. The van der Waals surface area contributed by atoms with Crippen molar-refractivity contribution in [3.05, 3.63) is 99.5 Å². The standard InChI is InChI=1S/C38H47ClN8O7.CHN/c1-23-35(39)45-34(36(40)44-23)37(54)46-38(41)42-16-4-2-6-24-8-10-25(11-9-24)7-3-5-17-47(21-33(53)27-13-15-30(50)31(51)19-27)20-32(52)26-12-14-29(49)28(18-26)43-22-48;1-2/h8-15,18-19,22,32-33,49-53H,2-7,16-17,20-21H2,1H3,(H2,40,44)(H,43,48)(H3,41,42,46,54);1H/t32-,33-;/m0./s1. The van der Waals surface area contributed by atoms with E-state index in [-0.39, 0.29) is 58.6 Å². The summed E-state index contributed by atoms with van der Waals surface area (Å²) in [6.45, 7) is 6.41. The van der Waals surface area contributed by atoms with E-state index in [9.17, 15) is 35.1 Å². The highest BCUT2D eigenvalue weighted by atomic mass is 35.5. The molecule has 0 aliphatic carbocycles. The number of carbonyl (C=O) groups excluding carboxylic acids is 2. The van der Waals surface area contributed by atoms with Crippen LogP contribution in [-0.4, -0.2) is 84.9 Å². The first-order valence-electron chi connectivity index (χ1n) is 17.7. The number of phenolic OH excluding ortho intramolecular Hbond substituents is 3. The first kappa shape index (κ1) is 44.4. The first-order valence-corrected chi connectivity index (χ1v) is 18.1. The molecule has 0 bridgehead atoms. The first-order chi connectivity index (χ1) is 26.8. The van der Waals surface area contributed by atoms with Crippen LogP contribution in [0.4, 0.5) is 11.5 Å². The zero-order valence-electron chi connectivity index (χ0n) is 31.0. The lowest BCUT2D eigenvalue weighted by atomic mass is 10.0. The number of halogens is 1. The highest BCUT2D eigenvalue weighted by molar-refractivity contribution is 6.30. The summed E-state index contributed by atoms with van der Waals surface area (Å²) in [4.78, 5) is 37.4. The van der Waals surface area contributed by atoms with Crippen LogP contribution in [0, 0.1) is 18.8 Å². The number of aliphatic imine (C=N–C) groups is 1. The largest absolute Gasteiger partial charge is 0.506 e. The maximum Gasteiger partial charge on any atom is 0.280 e. The molecule has 0 radical (unpaired) electrons. The van der Waals surface area contributed by atoms with Gasteiger partial charge in [-0.05, 0) is 98.5 Å². The molecule has 16 nitrogen and oxygen atoms in total. The molecule has 2 amide bonds. The number of phenols is 3. The Morgan fingerprint density at radius 2 is 1.46 bits per heavy atom. The molecule has 56 heavy (non-hydrogen) atoms. The van der Waals surface area contributed by atoms with Crippen molar-refractivity contribution in [1.82, 2.24) is 20.2 Å². The van der Waals surface area contributed by atoms with Crippen molar-refractivity contribution in [1.29, 1.82) is 5.26 Å². The third-order valence-corrected chi connectivity index (χ3v) is 9.09. The summed E-state index contributed by atoms with van der Waals surface area (Å²) in [7, 11) is 0. The van der Waals surface area contributed by atoms with Crippen molar-refractivity contribution in [3.63, 3.8) is 0 Å². The maximum absolute atomic E-state index is 12.4. The number of carbonyl (C=O) groups is 2.